The molecule has 78 valence electrons. The normalized spacial score (nSPS) is 32.1. The molecule has 0 spiro atoms. The summed E-state index contributed by atoms with van der Waals surface area (Å²) in [6.07, 6.45) is 3.81. The summed E-state index contributed by atoms with van der Waals surface area (Å²) >= 11 is 0. The van der Waals surface area contributed by atoms with Crippen molar-refractivity contribution in [2.45, 2.75) is 50.9 Å². The number of nitrogens with zero attached hydrogens (tertiary/aromatic N) is 1. The monoisotopic (exact) mass is 187 g/mol. The fraction of sp³-hybridized carbons (Fsp3) is 1.00. The van der Waals surface area contributed by atoms with Crippen LogP contribution in [0.4, 0.5) is 0 Å². The number of hydrogen-bond donors (Lipinski definition) is 2. The molecule has 0 heterocycles. The summed E-state index contributed by atoms with van der Waals surface area (Å²) in [5.74, 6) is 0. The van der Waals surface area contributed by atoms with Crippen molar-refractivity contribution in [3.63, 3.8) is 0 Å². The minimum Gasteiger partial charge on any atom is -0.392 e. The number of aliphatic hydroxyl groups excluding tert-OH is 2. The van der Waals surface area contributed by atoms with Gasteiger partial charge in [-0.25, -0.2) is 0 Å². The zero-order chi connectivity index (χ0) is 9.84. The molecule has 3 atom stereocenters. The summed E-state index contributed by atoms with van der Waals surface area (Å²) in [4.78, 5) is 2.08. The molecular formula is C10H21NO2. The Hall–Kier alpha value is -0.120. The van der Waals surface area contributed by atoms with Gasteiger partial charge in [-0.05, 0) is 26.8 Å². The van der Waals surface area contributed by atoms with Crippen LogP contribution in [0.5, 0.6) is 0 Å². The predicted molar refractivity (Wildman–Crippen MR) is 52.6 cm³/mol. The van der Waals surface area contributed by atoms with E-state index in [1.807, 2.05) is 7.05 Å². The average Bonchev–Trinajstić information content (AvgIpc) is 2.03. The highest BCUT2D eigenvalue weighted by Crippen LogP contribution is 2.22. The van der Waals surface area contributed by atoms with Gasteiger partial charge in [0.25, 0.3) is 0 Å². The first kappa shape index (κ1) is 11.0. The second-order valence-corrected chi connectivity index (χ2v) is 4.21. The van der Waals surface area contributed by atoms with Gasteiger partial charge in [-0.1, -0.05) is 12.8 Å². The Morgan fingerprint density at radius 1 is 1.38 bits per heavy atom. The van der Waals surface area contributed by atoms with Gasteiger partial charge < -0.3 is 10.2 Å². The Balaban J connectivity index is 2.39. The smallest absolute Gasteiger partial charge is 0.0695 e. The van der Waals surface area contributed by atoms with E-state index in [1.165, 1.54) is 6.42 Å². The maximum atomic E-state index is 9.73. The van der Waals surface area contributed by atoms with Crippen molar-refractivity contribution in [1.82, 2.24) is 4.90 Å². The molecule has 1 rings (SSSR count). The van der Waals surface area contributed by atoms with E-state index in [1.54, 1.807) is 6.92 Å². The van der Waals surface area contributed by atoms with Crippen LogP contribution >= 0.6 is 0 Å². The van der Waals surface area contributed by atoms with Gasteiger partial charge >= 0.3 is 0 Å². The van der Waals surface area contributed by atoms with E-state index in [2.05, 4.69) is 4.90 Å². The van der Waals surface area contributed by atoms with Crippen molar-refractivity contribution in [3.8, 4) is 0 Å². The van der Waals surface area contributed by atoms with Crippen molar-refractivity contribution in [1.29, 1.82) is 0 Å². The third-order valence-electron chi connectivity index (χ3n) is 2.81. The summed E-state index contributed by atoms with van der Waals surface area (Å²) < 4.78 is 0. The summed E-state index contributed by atoms with van der Waals surface area (Å²) in [5.41, 5.74) is 0. The van der Waals surface area contributed by atoms with E-state index in [4.69, 9.17) is 0 Å². The van der Waals surface area contributed by atoms with Gasteiger partial charge in [-0.2, -0.15) is 0 Å². The maximum Gasteiger partial charge on any atom is 0.0695 e. The molecule has 0 amide bonds. The number of rotatable bonds is 3. The summed E-state index contributed by atoms with van der Waals surface area (Å²) in [5, 5.41) is 18.9. The highest BCUT2D eigenvalue weighted by Gasteiger charge is 2.26. The van der Waals surface area contributed by atoms with Gasteiger partial charge in [0.15, 0.2) is 0 Å². The Morgan fingerprint density at radius 3 is 2.54 bits per heavy atom. The third-order valence-corrected chi connectivity index (χ3v) is 2.81. The molecule has 0 aliphatic heterocycles. The van der Waals surface area contributed by atoms with E-state index in [-0.39, 0.29) is 18.2 Å². The van der Waals surface area contributed by atoms with Crippen LogP contribution in [-0.4, -0.2) is 47.0 Å². The van der Waals surface area contributed by atoms with E-state index in [0.29, 0.717) is 6.54 Å². The first-order chi connectivity index (χ1) is 6.11. The molecule has 13 heavy (non-hydrogen) atoms. The molecule has 1 saturated carbocycles. The third kappa shape index (κ3) is 3.25. The molecule has 0 aromatic carbocycles. The highest BCUT2D eigenvalue weighted by atomic mass is 16.3. The lowest BCUT2D eigenvalue weighted by atomic mass is 9.91. The van der Waals surface area contributed by atoms with Gasteiger partial charge in [0.2, 0.25) is 0 Å². The van der Waals surface area contributed by atoms with Crippen LogP contribution in [0, 0.1) is 0 Å². The van der Waals surface area contributed by atoms with Crippen LogP contribution in [0.2, 0.25) is 0 Å². The molecular weight excluding hydrogens is 166 g/mol. The topological polar surface area (TPSA) is 43.7 Å². The number of likely N-dealkylation sites (N-methyl/N-ethyl adjacent to an activating group) is 1. The molecule has 1 fully saturated rings. The minimum absolute atomic E-state index is 0.197. The van der Waals surface area contributed by atoms with Crippen molar-refractivity contribution in [2.75, 3.05) is 13.6 Å². The molecule has 0 saturated heterocycles. The Morgan fingerprint density at radius 2 is 2.00 bits per heavy atom. The Labute approximate surface area is 80.4 Å². The predicted octanol–water partition coefficient (Wildman–Crippen LogP) is 0.602. The number of hydrogen-bond acceptors (Lipinski definition) is 3. The second kappa shape index (κ2) is 4.94. The van der Waals surface area contributed by atoms with Gasteiger partial charge in [0.1, 0.15) is 0 Å². The maximum absolute atomic E-state index is 9.73. The lowest BCUT2D eigenvalue weighted by Crippen LogP contribution is -2.45. The van der Waals surface area contributed by atoms with E-state index >= 15 is 0 Å². The molecule has 3 nitrogen and oxygen atoms in total. The van der Waals surface area contributed by atoms with Gasteiger partial charge in [0.05, 0.1) is 12.2 Å². The standard InChI is InChI=1S/C10H21NO2/c1-8(12)7-11(2)9-5-3-4-6-10(9)13/h8-10,12-13H,3-7H2,1-2H3. The van der Waals surface area contributed by atoms with Crippen LogP contribution in [0.3, 0.4) is 0 Å². The van der Waals surface area contributed by atoms with Gasteiger partial charge in [-0.3, -0.25) is 4.90 Å². The van der Waals surface area contributed by atoms with Gasteiger partial charge in [-0.15, -0.1) is 0 Å². The molecule has 2 N–H and O–H groups in total. The fourth-order valence-corrected chi connectivity index (χ4v) is 2.16. The molecule has 1 aliphatic rings. The molecule has 0 aromatic rings. The van der Waals surface area contributed by atoms with E-state index in [9.17, 15) is 10.2 Å². The zero-order valence-corrected chi connectivity index (χ0v) is 8.61. The molecule has 0 radical (unpaired) electrons. The lowest BCUT2D eigenvalue weighted by molar-refractivity contribution is 0.0144. The molecule has 0 aromatic heterocycles. The highest BCUT2D eigenvalue weighted by molar-refractivity contribution is 4.81. The second-order valence-electron chi connectivity index (χ2n) is 4.21. The van der Waals surface area contributed by atoms with Crippen LogP contribution in [0.1, 0.15) is 32.6 Å². The van der Waals surface area contributed by atoms with Crippen molar-refractivity contribution in [3.05, 3.63) is 0 Å². The van der Waals surface area contributed by atoms with Crippen LogP contribution in [0.15, 0.2) is 0 Å². The molecule has 3 heteroatoms. The quantitative estimate of drug-likeness (QED) is 0.680. The lowest BCUT2D eigenvalue weighted by Gasteiger charge is -2.35. The van der Waals surface area contributed by atoms with E-state index in [0.717, 1.165) is 19.3 Å². The van der Waals surface area contributed by atoms with Crippen molar-refractivity contribution >= 4 is 0 Å². The zero-order valence-electron chi connectivity index (χ0n) is 8.61. The van der Waals surface area contributed by atoms with Crippen LogP contribution in [-0.2, 0) is 0 Å². The average molecular weight is 187 g/mol. The molecule has 0 bridgehead atoms. The van der Waals surface area contributed by atoms with Crippen molar-refractivity contribution < 1.29 is 10.2 Å². The van der Waals surface area contributed by atoms with Gasteiger partial charge in [0, 0.05) is 12.6 Å². The summed E-state index contributed by atoms with van der Waals surface area (Å²) in [6, 6.07) is 0.253. The van der Waals surface area contributed by atoms with E-state index < -0.39 is 0 Å². The SMILES string of the molecule is CC(O)CN(C)C1CCCCC1O. The Bertz CT molecular complexity index is 150. The van der Waals surface area contributed by atoms with Crippen molar-refractivity contribution in [2.24, 2.45) is 0 Å². The van der Waals surface area contributed by atoms with Crippen LogP contribution < -0.4 is 0 Å². The number of aliphatic hydroxyl groups is 2. The summed E-state index contributed by atoms with van der Waals surface area (Å²) in [6.45, 7) is 2.44. The molecule has 3 unspecified atom stereocenters. The summed E-state index contributed by atoms with van der Waals surface area (Å²) in [7, 11) is 1.98. The minimum atomic E-state index is -0.306. The first-order valence-corrected chi connectivity index (χ1v) is 5.17. The largest absolute Gasteiger partial charge is 0.392 e. The Kier molecular flexibility index (Phi) is 4.16. The fourth-order valence-electron chi connectivity index (χ4n) is 2.16. The molecule has 1 aliphatic carbocycles. The first-order valence-electron chi connectivity index (χ1n) is 5.17. The van der Waals surface area contributed by atoms with Crippen LogP contribution in [0.25, 0.3) is 0 Å².